The van der Waals surface area contributed by atoms with Gasteiger partial charge in [-0.1, -0.05) is 12.1 Å². The summed E-state index contributed by atoms with van der Waals surface area (Å²) in [7, 11) is -3.90. The maximum absolute atomic E-state index is 13.9. The Balaban J connectivity index is 1.52. The average molecular weight is 442 g/mol. The number of benzene rings is 1. The van der Waals surface area contributed by atoms with Gasteiger partial charge in [-0.3, -0.25) is 9.89 Å². The van der Waals surface area contributed by atoms with Gasteiger partial charge in [-0.25, -0.2) is 12.8 Å². The molecule has 1 aromatic heterocycles. The number of carbonyl (C=O) groups is 1. The number of aromatic nitrogens is 3. The molecule has 8 nitrogen and oxygen atoms in total. The second kappa shape index (κ2) is 9.14. The number of rotatable bonds is 7. The standard InChI is InChI=1S/C18H24FN5O3S2/c1-2-24-16(21-22-18(24)28)7-10-20-17(25)13-8-11-23(12-9-13)29(26,27)15-6-4-3-5-14(15)19/h3-6,13H,2,7-12H2,1H3,(H,20,25)(H,22,28). The zero-order valence-corrected chi connectivity index (χ0v) is 17.7. The number of nitrogens with one attached hydrogen (secondary N) is 2. The first kappa shape index (κ1) is 21.6. The molecule has 0 radical (unpaired) electrons. The quantitative estimate of drug-likeness (QED) is 0.639. The van der Waals surface area contributed by atoms with Crippen LogP contribution in [0.2, 0.25) is 0 Å². The highest BCUT2D eigenvalue weighted by molar-refractivity contribution is 7.89. The van der Waals surface area contributed by atoms with Crippen LogP contribution in [0, 0.1) is 16.5 Å². The fourth-order valence-electron chi connectivity index (χ4n) is 3.46. The van der Waals surface area contributed by atoms with E-state index in [9.17, 15) is 17.6 Å². The monoisotopic (exact) mass is 441 g/mol. The lowest BCUT2D eigenvalue weighted by molar-refractivity contribution is -0.126. The van der Waals surface area contributed by atoms with E-state index < -0.39 is 15.8 Å². The molecule has 1 aliphatic heterocycles. The van der Waals surface area contributed by atoms with Crippen molar-refractivity contribution in [2.75, 3.05) is 19.6 Å². The van der Waals surface area contributed by atoms with Crippen molar-refractivity contribution < 1.29 is 17.6 Å². The van der Waals surface area contributed by atoms with Crippen molar-refractivity contribution in [2.24, 2.45) is 5.92 Å². The summed E-state index contributed by atoms with van der Waals surface area (Å²) >= 11 is 5.14. The fourth-order valence-corrected chi connectivity index (χ4v) is 5.28. The first-order chi connectivity index (χ1) is 13.8. The number of hydrogen-bond acceptors (Lipinski definition) is 5. The van der Waals surface area contributed by atoms with Gasteiger partial charge < -0.3 is 9.88 Å². The smallest absolute Gasteiger partial charge is 0.245 e. The van der Waals surface area contributed by atoms with Gasteiger partial charge >= 0.3 is 0 Å². The van der Waals surface area contributed by atoms with Crippen LogP contribution in [-0.2, 0) is 27.8 Å². The van der Waals surface area contributed by atoms with Crippen LogP contribution >= 0.6 is 12.2 Å². The maximum Gasteiger partial charge on any atom is 0.245 e. The normalized spacial score (nSPS) is 16.1. The topological polar surface area (TPSA) is 100 Å². The molecule has 158 valence electrons. The van der Waals surface area contributed by atoms with Crippen LogP contribution in [0.5, 0.6) is 0 Å². The number of piperidine rings is 1. The van der Waals surface area contributed by atoms with E-state index in [1.165, 1.54) is 22.5 Å². The third-order valence-electron chi connectivity index (χ3n) is 5.08. The van der Waals surface area contributed by atoms with E-state index in [2.05, 4.69) is 15.5 Å². The predicted molar refractivity (Wildman–Crippen MR) is 108 cm³/mol. The Bertz CT molecular complexity index is 1030. The van der Waals surface area contributed by atoms with Crippen LogP contribution in [0.1, 0.15) is 25.6 Å². The molecule has 0 bridgehead atoms. The second-order valence-corrected chi connectivity index (χ2v) is 9.13. The fraction of sp³-hybridized carbons (Fsp3) is 0.500. The second-order valence-electron chi connectivity index (χ2n) is 6.84. The Morgan fingerprint density at radius 2 is 2.03 bits per heavy atom. The zero-order chi connectivity index (χ0) is 21.0. The summed E-state index contributed by atoms with van der Waals surface area (Å²) in [5.41, 5.74) is 0. The molecule has 2 N–H and O–H groups in total. The molecule has 3 rings (SSSR count). The van der Waals surface area contributed by atoms with Crippen LogP contribution in [-0.4, -0.2) is 53.0 Å². The Kier molecular flexibility index (Phi) is 6.81. The molecule has 2 aromatic rings. The molecule has 1 fully saturated rings. The van der Waals surface area contributed by atoms with E-state index in [1.54, 1.807) is 0 Å². The van der Waals surface area contributed by atoms with Gasteiger partial charge in [0.2, 0.25) is 15.9 Å². The first-order valence-corrected chi connectivity index (χ1v) is 11.4. The van der Waals surface area contributed by atoms with Crippen molar-refractivity contribution in [3.63, 3.8) is 0 Å². The van der Waals surface area contributed by atoms with Crippen molar-refractivity contribution >= 4 is 28.1 Å². The zero-order valence-electron chi connectivity index (χ0n) is 16.1. The molecule has 0 unspecified atom stereocenters. The third-order valence-corrected chi connectivity index (χ3v) is 7.32. The predicted octanol–water partition coefficient (Wildman–Crippen LogP) is 1.86. The summed E-state index contributed by atoms with van der Waals surface area (Å²) in [6, 6.07) is 5.33. The molecule has 1 aliphatic rings. The lowest BCUT2D eigenvalue weighted by Crippen LogP contribution is -2.43. The summed E-state index contributed by atoms with van der Waals surface area (Å²) in [5, 5.41) is 9.79. The molecule has 0 aliphatic carbocycles. The first-order valence-electron chi connectivity index (χ1n) is 9.51. The summed E-state index contributed by atoms with van der Waals surface area (Å²) in [6.07, 6.45) is 1.34. The van der Waals surface area contributed by atoms with Gasteiger partial charge in [-0.05, 0) is 44.1 Å². The molecule has 0 spiro atoms. The van der Waals surface area contributed by atoms with E-state index in [0.29, 0.717) is 37.1 Å². The maximum atomic E-state index is 13.9. The van der Waals surface area contributed by atoms with Crippen molar-refractivity contribution in [2.45, 2.75) is 37.6 Å². The molecule has 0 saturated carbocycles. The number of sulfonamides is 1. The summed E-state index contributed by atoms with van der Waals surface area (Å²) in [5.74, 6) is -0.361. The van der Waals surface area contributed by atoms with Crippen molar-refractivity contribution in [3.8, 4) is 0 Å². The van der Waals surface area contributed by atoms with Gasteiger partial charge in [0.05, 0.1) is 0 Å². The minimum absolute atomic E-state index is 0.106. The van der Waals surface area contributed by atoms with Gasteiger partial charge in [0.1, 0.15) is 16.5 Å². The number of aromatic amines is 1. The molecule has 11 heteroatoms. The van der Waals surface area contributed by atoms with Crippen LogP contribution in [0.15, 0.2) is 29.2 Å². The minimum Gasteiger partial charge on any atom is -0.355 e. The molecular formula is C18H24FN5O3S2. The number of amides is 1. The van der Waals surface area contributed by atoms with E-state index >= 15 is 0 Å². The Morgan fingerprint density at radius 1 is 1.34 bits per heavy atom. The number of nitrogens with zero attached hydrogens (tertiary/aromatic N) is 3. The molecule has 1 amide bonds. The Morgan fingerprint density at radius 3 is 2.69 bits per heavy atom. The van der Waals surface area contributed by atoms with Gasteiger partial charge in [0, 0.05) is 38.5 Å². The Hall–Kier alpha value is -2.11. The van der Waals surface area contributed by atoms with Gasteiger partial charge in [-0.15, -0.1) is 0 Å². The summed E-state index contributed by atoms with van der Waals surface area (Å²) < 4.78 is 42.8. The minimum atomic E-state index is -3.90. The average Bonchev–Trinajstić information content (AvgIpc) is 3.07. The summed E-state index contributed by atoms with van der Waals surface area (Å²) in [4.78, 5) is 12.1. The van der Waals surface area contributed by atoms with Gasteiger partial charge in [0.25, 0.3) is 0 Å². The summed E-state index contributed by atoms with van der Waals surface area (Å²) in [6.45, 7) is 3.46. The van der Waals surface area contributed by atoms with Crippen molar-refractivity contribution in [1.29, 1.82) is 0 Å². The molecule has 1 saturated heterocycles. The molecule has 0 atom stereocenters. The van der Waals surface area contributed by atoms with Gasteiger partial charge in [-0.2, -0.15) is 9.40 Å². The lowest BCUT2D eigenvalue weighted by Gasteiger charge is -2.30. The number of carbonyl (C=O) groups excluding carboxylic acids is 1. The van der Waals surface area contributed by atoms with Crippen molar-refractivity contribution in [3.05, 3.63) is 40.7 Å². The SMILES string of the molecule is CCn1c(CCNC(=O)C2CCN(S(=O)(=O)c3ccccc3F)CC2)n[nH]c1=S. The van der Waals surface area contributed by atoms with Crippen LogP contribution in [0.25, 0.3) is 0 Å². The van der Waals surface area contributed by atoms with E-state index in [0.717, 1.165) is 11.9 Å². The van der Waals surface area contributed by atoms with Crippen LogP contribution < -0.4 is 5.32 Å². The van der Waals surface area contributed by atoms with E-state index in [1.807, 2.05) is 11.5 Å². The number of H-pyrrole nitrogens is 1. The van der Waals surface area contributed by atoms with Gasteiger partial charge in [0.15, 0.2) is 4.77 Å². The van der Waals surface area contributed by atoms with E-state index in [4.69, 9.17) is 12.2 Å². The molecule has 2 heterocycles. The highest BCUT2D eigenvalue weighted by Gasteiger charge is 2.33. The highest BCUT2D eigenvalue weighted by Crippen LogP contribution is 2.25. The number of halogens is 1. The van der Waals surface area contributed by atoms with E-state index in [-0.39, 0.29) is 29.8 Å². The highest BCUT2D eigenvalue weighted by atomic mass is 32.2. The van der Waals surface area contributed by atoms with Crippen molar-refractivity contribution in [1.82, 2.24) is 24.4 Å². The lowest BCUT2D eigenvalue weighted by atomic mass is 9.97. The van der Waals surface area contributed by atoms with Crippen LogP contribution in [0.3, 0.4) is 0 Å². The Labute approximate surface area is 174 Å². The number of hydrogen-bond donors (Lipinski definition) is 2. The third kappa shape index (κ3) is 4.73. The molecule has 1 aromatic carbocycles. The molecule has 29 heavy (non-hydrogen) atoms. The molecular weight excluding hydrogens is 417 g/mol. The largest absolute Gasteiger partial charge is 0.355 e. The van der Waals surface area contributed by atoms with Crippen LogP contribution in [0.4, 0.5) is 4.39 Å².